The summed E-state index contributed by atoms with van der Waals surface area (Å²) in [5, 5.41) is 8.14. The molecule has 38 heavy (non-hydrogen) atoms. The lowest BCUT2D eigenvalue weighted by atomic mass is 9.93. The third-order valence-corrected chi connectivity index (χ3v) is 6.64. The average Bonchev–Trinajstić information content (AvgIpc) is 3.42. The number of amides is 3. The second-order valence-electron chi connectivity index (χ2n) is 9.33. The number of rotatable bonds is 10. The molecule has 1 atom stereocenters. The Balaban J connectivity index is 1.50. The van der Waals surface area contributed by atoms with Gasteiger partial charge in [0.2, 0.25) is 11.7 Å². The summed E-state index contributed by atoms with van der Waals surface area (Å²) in [6.07, 6.45) is 3.86. The predicted molar refractivity (Wildman–Crippen MR) is 138 cm³/mol. The molecule has 9 heteroatoms. The Morgan fingerprint density at radius 2 is 1.58 bits per heavy atom. The van der Waals surface area contributed by atoms with Crippen molar-refractivity contribution in [3.8, 4) is 0 Å². The summed E-state index contributed by atoms with van der Waals surface area (Å²) >= 11 is 0. The van der Waals surface area contributed by atoms with Crippen LogP contribution in [0.15, 0.2) is 79.0 Å². The van der Waals surface area contributed by atoms with Gasteiger partial charge in [-0.25, -0.2) is 4.39 Å². The van der Waals surface area contributed by atoms with Crippen LogP contribution >= 0.6 is 0 Å². The Labute approximate surface area is 220 Å². The van der Waals surface area contributed by atoms with Crippen molar-refractivity contribution in [2.45, 2.75) is 50.2 Å². The van der Waals surface area contributed by atoms with Gasteiger partial charge in [-0.15, -0.1) is 0 Å². The van der Waals surface area contributed by atoms with Crippen LogP contribution in [0.2, 0.25) is 0 Å². The molecular formula is C29H29FN4O4. The molecule has 1 aliphatic rings. The van der Waals surface area contributed by atoms with E-state index in [-0.39, 0.29) is 18.5 Å². The van der Waals surface area contributed by atoms with Gasteiger partial charge < -0.3 is 16.0 Å². The maximum Gasteiger partial charge on any atom is 0.289 e. The number of hydrogen-bond donors (Lipinski definition) is 3. The van der Waals surface area contributed by atoms with Crippen LogP contribution in [0.4, 0.5) is 4.39 Å². The minimum absolute atomic E-state index is 0.0646. The first kappa shape index (κ1) is 26.7. The maximum atomic E-state index is 13.6. The topological polar surface area (TPSA) is 117 Å². The molecule has 1 heterocycles. The summed E-state index contributed by atoms with van der Waals surface area (Å²) < 4.78 is 13.3. The normalized spacial score (nSPS) is 14.8. The first-order chi connectivity index (χ1) is 18.4. The predicted octanol–water partition coefficient (Wildman–Crippen LogP) is 2.88. The fourth-order valence-corrected chi connectivity index (χ4v) is 4.55. The molecule has 196 valence electrons. The highest BCUT2D eigenvalue weighted by atomic mass is 19.1. The van der Waals surface area contributed by atoms with E-state index >= 15 is 0 Å². The van der Waals surface area contributed by atoms with E-state index in [1.165, 1.54) is 24.3 Å². The second-order valence-corrected chi connectivity index (χ2v) is 9.33. The molecule has 1 fully saturated rings. The maximum absolute atomic E-state index is 13.6. The lowest BCUT2D eigenvalue weighted by Gasteiger charge is -2.31. The first-order valence-corrected chi connectivity index (χ1v) is 12.5. The Kier molecular flexibility index (Phi) is 8.58. The number of benzene rings is 2. The molecule has 0 aliphatic heterocycles. The monoisotopic (exact) mass is 516 g/mol. The molecule has 0 bridgehead atoms. The number of nitrogens with one attached hydrogen (secondary N) is 3. The fraction of sp³-hybridized carbons (Fsp3) is 0.276. The van der Waals surface area contributed by atoms with Gasteiger partial charge in [-0.05, 0) is 54.8 Å². The number of halogens is 1. The molecule has 4 rings (SSSR count). The molecule has 3 N–H and O–H groups in total. The van der Waals surface area contributed by atoms with Crippen LogP contribution in [0.25, 0.3) is 0 Å². The van der Waals surface area contributed by atoms with Crippen LogP contribution in [0.3, 0.4) is 0 Å². The van der Waals surface area contributed by atoms with Crippen LogP contribution < -0.4 is 16.0 Å². The molecule has 0 unspecified atom stereocenters. The highest BCUT2D eigenvalue weighted by Gasteiger charge is 2.44. The van der Waals surface area contributed by atoms with Crippen molar-refractivity contribution in [1.82, 2.24) is 20.9 Å². The van der Waals surface area contributed by atoms with Gasteiger partial charge in [-0.2, -0.15) is 0 Å². The zero-order valence-electron chi connectivity index (χ0n) is 20.8. The van der Waals surface area contributed by atoms with E-state index in [2.05, 4.69) is 20.9 Å². The number of carbonyl (C=O) groups is 4. The Bertz CT molecular complexity index is 1280. The molecule has 0 spiro atoms. The zero-order chi connectivity index (χ0) is 27.0. The van der Waals surface area contributed by atoms with Crippen LogP contribution in [0, 0.1) is 5.82 Å². The van der Waals surface area contributed by atoms with E-state index in [9.17, 15) is 23.6 Å². The zero-order valence-corrected chi connectivity index (χ0v) is 20.8. The van der Waals surface area contributed by atoms with E-state index in [0.717, 1.165) is 5.56 Å². The Morgan fingerprint density at radius 1 is 0.895 bits per heavy atom. The van der Waals surface area contributed by atoms with Crippen LogP contribution in [-0.2, 0) is 27.3 Å². The summed E-state index contributed by atoms with van der Waals surface area (Å²) in [7, 11) is 0. The Morgan fingerprint density at radius 3 is 2.24 bits per heavy atom. The summed E-state index contributed by atoms with van der Waals surface area (Å²) in [6.45, 7) is 0.0646. The van der Waals surface area contributed by atoms with Gasteiger partial charge in [0.25, 0.3) is 11.8 Å². The molecule has 2 aromatic carbocycles. The smallest absolute Gasteiger partial charge is 0.289 e. The fourth-order valence-electron chi connectivity index (χ4n) is 4.55. The van der Waals surface area contributed by atoms with E-state index in [1.807, 2.05) is 6.07 Å². The Hall–Kier alpha value is -4.40. The standard InChI is InChI=1S/C29H29FN4O4/c30-22-13-11-21(12-14-22)26(36)34-29(15-5-6-16-29)28(38)33-24(18-20-8-2-1-3-9-20)25(35)27(37)32-19-23-10-4-7-17-31-23/h1-4,7-14,17,24H,5-6,15-16,18-19H2,(H,32,37)(H,33,38)(H,34,36)/t24-/m1/s1. The van der Waals surface area contributed by atoms with Gasteiger partial charge in [0.05, 0.1) is 12.2 Å². The molecule has 1 saturated carbocycles. The summed E-state index contributed by atoms with van der Waals surface area (Å²) in [5.74, 6) is -3.15. The van der Waals surface area contributed by atoms with Gasteiger partial charge >= 0.3 is 0 Å². The number of ketones is 1. The lowest BCUT2D eigenvalue weighted by molar-refractivity contribution is -0.140. The highest BCUT2D eigenvalue weighted by Crippen LogP contribution is 2.30. The van der Waals surface area contributed by atoms with Crippen molar-refractivity contribution in [1.29, 1.82) is 0 Å². The second kappa shape index (κ2) is 12.2. The van der Waals surface area contributed by atoms with E-state index < -0.39 is 40.9 Å². The molecular weight excluding hydrogens is 487 g/mol. The quantitative estimate of drug-likeness (QED) is 0.358. The van der Waals surface area contributed by atoms with E-state index in [4.69, 9.17) is 0 Å². The summed E-state index contributed by atoms with van der Waals surface area (Å²) in [6, 6.07) is 18.2. The van der Waals surface area contributed by atoms with E-state index in [0.29, 0.717) is 31.4 Å². The molecule has 1 aliphatic carbocycles. The van der Waals surface area contributed by atoms with Gasteiger partial charge in [0.1, 0.15) is 17.4 Å². The van der Waals surface area contributed by atoms with Crippen molar-refractivity contribution in [3.63, 3.8) is 0 Å². The summed E-state index contributed by atoms with van der Waals surface area (Å²) in [4.78, 5) is 56.7. The number of pyridine rings is 1. The SMILES string of the molecule is O=C(NCc1ccccn1)C(=O)[C@@H](Cc1ccccc1)NC(=O)C1(NC(=O)c2ccc(F)cc2)CCCC1. The number of carbonyl (C=O) groups excluding carboxylic acids is 4. The van der Waals surface area contributed by atoms with Crippen molar-refractivity contribution >= 4 is 23.5 Å². The van der Waals surface area contributed by atoms with Gasteiger partial charge in [0, 0.05) is 18.2 Å². The lowest BCUT2D eigenvalue weighted by Crippen LogP contribution is -2.61. The first-order valence-electron chi connectivity index (χ1n) is 12.5. The number of Topliss-reactive ketones (excluding diaryl/α,β-unsaturated/α-hetero) is 1. The van der Waals surface area contributed by atoms with Crippen molar-refractivity contribution in [2.24, 2.45) is 0 Å². The molecule has 8 nitrogen and oxygen atoms in total. The number of aromatic nitrogens is 1. The molecule has 0 radical (unpaired) electrons. The van der Waals surface area contributed by atoms with Gasteiger partial charge in [-0.3, -0.25) is 24.2 Å². The van der Waals surface area contributed by atoms with Crippen LogP contribution in [0.5, 0.6) is 0 Å². The van der Waals surface area contributed by atoms with Gasteiger partial charge in [0.15, 0.2) is 0 Å². The minimum atomic E-state index is -1.24. The number of nitrogens with zero attached hydrogens (tertiary/aromatic N) is 1. The minimum Gasteiger partial charge on any atom is -0.344 e. The van der Waals surface area contributed by atoms with Crippen molar-refractivity contribution < 1.29 is 23.6 Å². The largest absolute Gasteiger partial charge is 0.344 e. The molecule has 3 aromatic rings. The van der Waals surface area contributed by atoms with Crippen LogP contribution in [0.1, 0.15) is 47.3 Å². The molecule has 0 saturated heterocycles. The third kappa shape index (κ3) is 6.67. The third-order valence-electron chi connectivity index (χ3n) is 6.64. The summed E-state index contributed by atoms with van der Waals surface area (Å²) in [5.41, 5.74) is 0.326. The average molecular weight is 517 g/mol. The van der Waals surface area contributed by atoms with E-state index in [1.54, 1.807) is 48.7 Å². The van der Waals surface area contributed by atoms with Crippen molar-refractivity contribution in [2.75, 3.05) is 0 Å². The highest BCUT2D eigenvalue weighted by molar-refractivity contribution is 6.38. The van der Waals surface area contributed by atoms with Crippen LogP contribution in [-0.4, -0.2) is 40.1 Å². The van der Waals surface area contributed by atoms with Gasteiger partial charge in [-0.1, -0.05) is 49.2 Å². The number of hydrogen-bond acceptors (Lipinski definition) is 5. The molecule has 3 amide bonds. The van der Waals surface area contributed by atoms with Crippen molar-refractivity contribution in [3.05, 3.63) is 102 Å². The molecule has 1 aromatic heterocycles.